The van der Waals surface area contributed by atoms with Crippen LogP contribution in [0.4, 0.5) is 17.1 Å². The van der Waals surface area contributed by atoms with Gasteiger partial charge in [0.2, 0.25) is 0 Å². The molecule has 3 aromatic rings. The van der Waals surface area contributed by atoms with Gasteiger partial charge in [-0.1, -0.05) is 263 Å². The first kappa shape index (κ1) is 104. The van der Waals surface area contributed by atoms with Crippen LogP contribution >= 0.6 is 11.8 Å². The van der Waals surface area contributed by atoms with Crippen LogP contribution in [-0.4, -0.2) is 141 Å². The van der Waals surface area contributed by atoms with Crippen LogP contribution in [0.3, 0.4) is 0 Å². The van der Waals surface area contributed by atoms with Crippen molar-refractivity contribution in [1.82, 2.24) is 41.9 Å². The second-order valence-electron chi connectivity index (χ2n) is 21.5. The molecular weight excluding hydrogens is 1350 g/mol. The van der Waals surface area contributed by atoms with Crippen LogP contribution in [0.25, 0.3) is 0 Å². The summed E-state index contributed by atoms with van der Waals surface area (Å²) in [4.78, 5) is 81.7. The number of benzene rings is 3. The van der Waals surface area contributed by atoms with E-state index in [4.69, 9.17) is 45.2 Å². The van der Waals surface area contributed by atoms with Crippen LogP contribution in [0.1, 0.15) is 196 Å². The SMILES string of the molecule is C.CCCCCCCCCCCCCCN(C)C(=N)SC.CCCCCCCCCCCCCCN(C)C(N)=NCC.CCN.CCN=C(N)N[N+](=O)[O-].CN(N=O)C(=N)N[N+](=O)[O-].NC(=Nc1ccccc1)N[N+](=O)[O-].NC(=Nc1ccccc1)N[N+](=O)[O-].NC(=Nc1ccccc1)N[N+](=O)[O-]. The number of hydrogen-bond donors (Lipinski definition) is 13. The molecule has 0 unspecified atom stereocenters. The Morgan fingerprint density at radius 2 is 0.680 bits per heavy atom. The zero-order valence-corrected chi connectivity index (χ0v) is 62.1. The van der Waals surface area contributed by atoms with Crippen molar-refractivity contribution in [2.24, 2.45) is 64.6 Å². The Balaban J connectivity index is -0.000000269. The summed E-state index contributed by atoms with van der Waals surface area (Å²) in [6.07, 6.45) is 35.4. The first-order valence-corrected chi connectivity index (χ1v) is 35.1. The van der Waals surface area contributed by atoms with Gasteiger partial charge in [0.1, 0.15) is 0 Å². The highest BCUT2D eigenvalue weighted by Gasteiger charge is 2.08. The van der Waals surface area contributed by atoms with Crippen molar-refractivity contribution in [2.75, 3.05) is 60.1 Å². The van der Waals surface area contributed by atoms with Crippen molar-refractivity contribution in [2.45, 2.75) is 196 Å². The number of rotatable bonds is 37. The Bertz CT molecular complexity index is 2620. The lowest BCUT2D eigenvalue weighted by molar-refractivity contribution is -0.526. The van der Waals surface area contributed by atoms with Crippen LogP contribution in [0.15, 0.2) is 121 Å². The highest BCUT2D eigenvalue weighted by atomic mass is 32.2. The number of nitrogens with zero attached hydrogens (tertiary/aromatic N) is 14. The average molecular weight is 1480 g/mol. The number of hydrogen-bond acceptors (Lipinski definition) is 21. The third-order valence-corrected chi connectivity index (χ3v) is 13.5. The fourth-order valence-corrected chi connectivity index (χ4v) is 8.22. The van der Waals surface area contributed by atoms with Gasteiger partial charge in [0, 0.05) is 47.3 Å². The quantitative estimate of drug-likeness (QED) is 0.00637. The summed E-state index contributed by atoms with van der Waals surface area (Å²) in [6, 6.07) is 26.2. The fraction of sp³-hybridized carbons (Fsp3) is 0.609. The first-order valence-electron chi connectivity index (χ1n) is 33.9. The molecule has 0 saturated heterocycles. The molecule has 586 valence electrons. The third kappa shape index (κ3) is 80.5. The highest BCUT2D eigenvalue weighted by Crippen LogP contribution is 2.15. The number of aliphatic imine (C=N–C) groups is 5. The van der Waals surface area contributed by atoms with Crippen LogP contribution in [0, 0.1) is 66.3 Å². The predicted molar refractivity (Wildman–Crippen MR) is 420 cm³/mol. The van der Waals surface area contributed by atoms with Crippen molar-refractivity contribution in [3.63, 3.8) is 0 Å². The second kappa shape index (κ2) is 75.9. The lowest BCUT2D eigenvalue weighted by Gasteiger charge is -2.17. The van der Waals surface area contributed by atoms with Crippen LogP contribution < -0.4 is 61.5 Å². The van der Waals surface area contributed by atoms with E-state index in [1.165, 1.54) is 171 Å². The van der Waals surface area contributed by atoms with E-state index in [1.807, 2.05) is 52.4 Å². The second-order valence-corrected chi connectivity index (χ2v) is 22.3. The molecule has 0 heterocycles. The molecule has 19 N–H and O–H groups in total. The van der Waals surface area contributed by atoms with E-state index in [1.54, 1.807) is 101 Å². The summed E-state index contributed by atoms with van der Waals surface area (Å²) < 4.78 is 0. The zero-order chi connectivity index (χ0) is 78.0. The standard InChI is InChI=1S/C18H39N3.C17H36N2S.3C7H8N4O2.C3H8N4O2.C2H5N5O3.C2H7N.CH4/c1-4-6-7-8-9-10-11-12-13-14-15-16-17-21(3)18(19)20-5-2;1-4-5-6-7-8-9-10-11-12-13-14-15-16-19(2)17(18)20-3;3*8-7(10-11(12)13)9-6-4-2-1-3-5-6;1-2-5-3(4)6-7(8)9;1-6(5-8)2(3)4-7(9)10;1-2-3;/h4-17H2,1-3H3,(H2,19,20);18H,4-16H2,1-3H3;3*1-5H,(H3,8,9,10);2H2,1H3,(H3,4,5,6);1H3,(H2,3,4);2-3H2,1H3;1H4. The fourth-order valence-electron chi connectivity index (χ4n) is 7.81. The molecule has 0 fully saturated rings. The summed E-state index contributed by atoms with van der Waals surface area (Å²) in [5.74, 6) is -0.883. The number of nitroso groups, excluding NO2 is 1. The van der Waals surface area contributed by atoms with Gasteiger partial charge >= 0.3 is 0 Å². The third-order valence-electron chi connectivity index (χ3n) is 12.8. The number of nitrogens with one attached hydrogen (secondary N) is 7. The van der Waals surface area contributed by atoms with E-state index in [-0.39, 0.29) is 31.3 Å². The number of guanidine groups is 6. The molecule has 0 radical (unpaired) electrons. The van der Waals surface area contributed by atoms with E-state index < -0.39 is 31.1 Å². The summed E-state index contributed by atoms with van der Waals surface area (Å²) in [5.41, 5.74) is 41.3. The molecule has 0 amide bonds. The minimum Gasteiger partial charge on any atom is -0.370 e. The van der Waals surface area contributed by atoms with Gasteiger partial charge in [-0.05, 0) is 75.9 Å². The van der Waals surface area contributed by atoms with Crippen LogP contribution in [0.2, 0.25) is 0 Å². The van der Waals surface area contributed by atoms with Gasteiger partial charge in [-0.3, -0.25) is 15.8 Å². The summed E-state index contributed by atoms with van der Waals surface area (Å²) >= 11 is 1.53. The van der Waals surface area contributed by atoms with Gasteiger partial charge in [0.15, 0.2) is 36.3 Å². The molecule has 0 bridgehead atoms. The van der Waals surface area contributed by atoms with Crippen molar-refractivity contribution in [3.05, 3.63) is 146 Å². The van der Waals surface area contributed by atoms with Gasteiger partial charge in [-0.25, -0.2) is 70.5 Å². The minimum atomic E-state index is -0.954. The van der Waals surface area contributed by atoms with Crippen LogP contribution in [0.5, 0.6) is 0 Å². The molecule has 0 aliphatic heterocycles. The molecule has 38 nitrogen and oxygen atoms in total. The Kier molecular flexibility index (Phi) is 76.3. The monoisotopic (exact) mass is 1480 g/mol. The zero-order valence-electron chi connectivity index (χ0n) is 61.3. The molecule has 0 aromatic heterocycles. The maximum Gasteiger partial charge on any atom is 0.276 e. The highest BCUT2D eigenvalue weighted by molar-refractivity contribution is 8.13. The molecule has 0 aliphatic rings. The molecule has 0 atom stereocenters. The van der Waals surface area contributed by atoms with Crippen molar-refractivity contribution in [1.29, 1.82) is 10.8 Å². The molecule has 39 heteroatoms. The predicted octanol–water partition coefficient (Wildman–Crippen LogP) is 11.1. The number of amidine groups is 1. The van der Waals surface area contributed by atoms with Crippen molar-refractivity contribution >= 4 is 69.7 Å². The van der Waals surface area contributed by atoms with E-state index in [9.17, 15) is 55.5 Å². The average Bonchev–Trinajstić information content (AvgIpc) is 1.02. The maximum atomic E-state index is 9.93. The molecule has 0 spiro atoms. The van der Waals surface area contributed by atoms with E-state index in [2.05, 4.69) is 53.9 Å². The Morgan fingerprint density at radius 3 is 0.922 bits per heavy atom. The maximum absolute atomic E-state index is 9.93. The van der Waals surface area contributed by atoms with E-state index in [0.29, 0.717) is 39.7 Å². The summed E-state index contributed by atoms with van der Waals surface area (Å²) in [7, 11) is 5.18. The van der Waals surface area contributed by atoms with Crippen molar-refractivity contribution in [3.8, 4) is 0 Å². The Labute approximate surface area is 612 Å². The number of unbranched alkanes of at least 4 members (excludes halogenated alkanes) is 22. The van der Waals surface area contributed by atoms with Gasteiger partial charge in [0.25, 0.3) is 29.8 Å². The normalized spacial score (nSPS) is 10.6. The molecule has 103 heavy (non-hydrogen) atoms. The van der Waals surface area contributed by atoms with Gasteiger partial charge in [-0.15, -0.1) is 4.91 Å². The number of nitro groups is 5. The molecule has 0 saturated carbocycles. The summed E-state index contributed by atoms with van der Waals surface area (Å²) in [6.45, 7) is 14.2. The number of thioether (sulfide) groups is 1. The van der Waals surface area contributed by atoms with Crippen molar-refractivity contribution < 1.29 is 25.2 Å². The first-order chi connectivity index (χ1) is 48.6. The minimum absolute atomic E-state index is 0. The Hall–Kier alpha value is -10.3. The molecule has 0 aliphatic carbocycles. The van der Waals surface area contributed by atoms with Gasteiger partial charge in [-0.2, -0.15) is 5.01 Å². The molecule has 3 aromatic carbocycles. The van der Waals surface area contributed by atoms with Crippen LogP contribution in [-0.2, 0) is 0 Å². The smallest absolute Gasteiger partial charge is 0.276 e. The number of nitrogens with two attached hydrogens (primary N) is 6. The number of para-hydroxylation sites is 3. The largest absolute Gasteiger partial charge is 0.370 e. The van der Waals surface area contributed by atoms with E-state index in [0.717, 1.165) is 33.2 Å². The number of hydrazine groups is 5. The molecular formula is C64H123N27O11S. The Morgan fingerprint density at radius 1 is 0.427 bits per heavy atom. The van der Waals surface area contributed by atoms with Gasteiger partial charge in [0.05, 0.1) is 22.3 Å². The summed E-state index contributed by atoms with van der Waals surface area (Å²) in [5, 5.41) is 62.8. The lowest BCUT2D eigenvalue weighted by atomic mass is 10.1. The van der Waals surface area contributed by atoms with E-state index >= 15 is 0 Å². The molecule has 3 rings (SSSR count). The lowest BCUT2D eigenvalue weighted by Crippen LogP contribution is -2.38. The topological polar surface area (TPSA) is 581 Å². The van der Waals surface area contributed by atoms with Gasteiger partial charge < -0.3 is 44.2 Å².